The molecule has 2 unspecified atom stereocenters. The van der Waals surface area contributed by atoms with Crippen LogP contribution in [0.15, 0.2) is 0 Å². The van der Waals surface area contributed by atoms with Gasteiger partial charge < -0.3 is 17.7 Å². The van der Waals surface area contributed by atoms with Crippen LogP contribution in [-0.2, 0) is 17.7 Å². The highest BCUT2D eigenvalue weighted by Crippen LogP contribution is 2.33. The first-order valence-corrected chi connectivity index (χ1v) is 24.3. The largest absolute Gasteiger partial charge is 0.427 e. The molecule has 0 bridgehead atoms. The van der Waals surface area contributed by atoms with Crippen LogP contribution in [0.4, 0.5) is 0 Å². The molecule has 2 aliphatic heterocycles. The number of rotatable bonds is 6. The number of hydrogen-bond donors (Lipinski definition) is 0. The van der Waals surface area contributed by atoms with E-state index >= 15 is 0 Å². The van der Waals surface area contributed by atoms with Crippen molar-refractivity contribution in [3.63, 3.8) is 0 Å². The van der Waals surface area contributed by atoms with Crippen molar-refractivity contribution < 1.29 is 17.7 Å². The Bertz CT molecular complexity index is 354. The van der Waals surface area contributed by atoms with Crippen molar-refractivity contribution in [2.24, 2.45) is 0 Å². The van der Waals surface area contributed by atoms with E-state index in [4.69, 9.17) is 17.7 Å². The molecule has 23 heavy (non-hydrogen) atoms. The summed E-state index contributed by atoms with van der Waals surface area (Å²) in [5, 5.41) is 0. The molecular formula is C14H36O4Si5. The van der Waals surface area contributed by atoms with Crippen LogP contribution in [-0.4, -0.2) is 60.7 Å². The van der Waals surface area contributed by atoms with Crippen LogP contribution in [0.1, 0.15) is 19.3 Å². The fourth-order valence-electron chi connectivity index (χ4n) is 3.52. The van der Waals surface area contributed by atoms with E-state index in [1.54, 1.807) is 0 Å². The molecule has 0 aromatic carbocycles. The third kappa shape index (κ3) is 5.99. The third-order valence-corrected chi connectivity index (χ3v) is 29.9. The van der Waals surface area contributed by atoms with Crippen molar-refractivity contribution in [3.8, 4) is 0 Å². The third-order valence-electron chi connectivity index (χ3n) is 4.51. The monoisotopic (exact) mass is 408 g/mol. The van der Waals surface area contributed by atoms with Crippen molar-refractivity contribution in [3.05, 3.63) is 0 Å². The van der Waals surface area contributed by atoms with E-state index < -0.39 is 41.6 Å². The molecule has 2 heterocycles. The van der Waals surface area contributed by atoms with E-state index in [-0.39, 0.29) is 5.91 Å². The normalized spacial score (nSPS) is 31.7. The van der Waals surface area contributed by atoms with Gasteiger partial charge in [0.2, 0.25) is 0 Å². The first kappa shape index (κ1) is 20.2. The maximum absolute atomic E-state index is 6.73. The van der Waals surface area contributed by atoms with Crippen molar-refractivity contribution in [2.75, 3.05) is 13.2 Å². The Kier molecular flexibility index (Phi) is 7.11. The van der Waals surface area contributed by atoms with Gasteiger partial charge in [-0.25, -0.2) is 0 Å². The predicted molar refractivity (Wildman–Crippen MR) is 109 cm³/mol. The van der Waals surface area contributed by atoms with Gasteiger partial charge in [-0.3, -0.25) is 0 Å². The second-order valence-corrected chi connectivity index (χ2v) is 36.6. The maximum Gasteiger partial charge on any atom is 0.186 e. The van der Waals surface area contributed by atoms with Crippen LogP contribution in [0.25, 0.3) is 0 Å². The molecule has 0 aromatic rings. The van der Waals surface area contributed by atoms with E-state index in [0.717, 1.165) is 13.2 Å². The van der Waals surface area contributed by atoms with E-state index in [0.29, 0.717) is 0 Å². The molecule has 2 fully saturated rings. The Morgan fingerprint density at radius 2 is 1.61 bits per heavy atom. The molecule has 0 radical (unpaired) electrons. The standard InChI is InChI=1S/C14H36O4Si5/c1-21(2,3)17-14(18-22(4,5)6)23(13-9-10-15-19-23)20-12-8-7-11-16-20/h14,20H,7-13,19H2,1-6H3. The summed E-state index contributed by atoms with van der Waals surface area (Å²) in [7, 11) is -6.73. The van der Waals surface area contributed by atoms with Crippen LogP contribution in [0.5, 0.6) is 0 Å². The zero-order valence-electron chi connectivity index (χ0n) is 15.9. The highest BCUT2D eigenvalue weighted by Gasteiger charge is 2.55. The van der Waals surface area contributed by atoms with Crippen molar-refractivity contribution in [1.82, 2.24) is 0 Å². The van der Waals surface area contributed by atoms with Crippen LogP contribution < -0.4 is 0 Å². The summed E-state index contributed by atoms with van der Waals surface area (Å²) in [5.74, 6) is 0.0718. The highest BCUT2D eigenvalue weighted by molar-refractivity contribution is 7.53. The summed E-state index contributed by atoms with van der Waals surface area (Å²) in [4.78, 5) is 0. The molecule has 136 valence electrons. The first-order chi connectivity index (χ1) is 10.6. The smallest absolute Gasteiger partial charge is 0.186 e. The molecule has 2 rings (SSSR count). The Morgan fingerprint density at radius 1 is 0.957 bits per heavy atom. The molecular weight excluding hydrogens is 373 g/mol. The molecule has 0 amide bonds. The lowest BCUT2D eigenvalue weighted by atomic mass is 10.4. The molecule has 2 aliphatic rings. The Labute approximate surface area is 149 Å². The van der Waals surface area contributed by atoms with E-state index in [9.17, 15) is 0 Å². The number of hydrogen-bond acceptors (Lipinski definition) is 4. The second kappa shape index (κ2) is 8.08. The van der Waals surface area contributed by atoms with E-state index in [2.05, 4.69) is 39.3 Å². The molecule has 9 heteroatoms. The molecule has 2 atom stereocenters. The minimum Gasteiger partial charge on any atom is -0.427 e. The Morgan fingerprint density at radius 3 is 2.04 bits per heavy atom. The average Bonchev–Trinajstić information content (AvgIpc) is 2.45. The molecule has 0 saturated carbocycles. The van der Waals surface area contributed by atoms with Crippen molar-refractivity contribution in [2.45, 2.75) is 76.5 Å². The fourth-order valence-corrected chi connectivity index (χ4v) is 32.3. The molecule has 4 nitrogen and oxygen atoms in total. The average molecular weight is 409 g/mol. The Hall–Kier alpha value is 0.924. The lowest BCUT2D eigenvalue weighted by molar-refractivity contribution is 0.0544. The fraction of sp³-hybridized carbons (Fsp3) is 1.00. The molecule has 0 aromatic heterocycles. The highest BCUT2D eigenvalue weighted by atomic mass is 29.6. The quantitative estimate of drug-likeness (QED) is 0.500. The zero-order valence-corrected chi connectivity index (χ0v) is 21.5. The van der Waals surface area contributed by atoms with Crippen molar-refractivity contribution >= 4 is 41.6 Å². The van der Waals surface area contributed by atoms with Gasteiger partial charge in [0.05, 0.1) is 0 Å². The van der Waals surface area contributed by atoms with Gasteiger partial charge in [0.25, 0.3) is 0 Å². The summed E-state index contributed by atoms with van der Waals surface area (Å²) < 4.78 is 26.1. The van der Waals surface area contributed by atoms with Gasteiger partial charge in [0.1, 0.15) is 5.91 Å². The summed E-state index contributed by atoms with van der Waals surface area (Å²) in [5.41, 5.74) is 0. The second-order valence-electron chi connectivity index (χ2n) is 9.04. The molecule has 0 N–H and O–H groups in total. The van der Waals surface area contributed by atoms with Crippen LogP contribution >= 0.6 is 0 Å². The van der Waals surface area contributed by atoms with Gasteiger partial charge >= 0.3 is 0 Å². The van der Waals surface area contributed by atoms with Crippen LogP contribution in [0.2, 0.25) is 51.4 Å². The Balaban J connectivity index is 2.29. The van der Waals surface area contributed by atoms with Crippen molar-refractivity contribution in [1.29, 1.82) is 0 Å². The van der Waals surface area contributed by atoms with Gasteiger partial charge in [0.15, 0.2) is 41.6 Å². The van der Waals surface area contributed by atoms with E-state index in [1.165, 1.54) is 31.4 Å². The van der Waals surface area contributed by atoms with Crippen LogP contribution in [0.3, 0.4) is 0 Å². The maximum atomic E-state index is 6.73. The summed E-state index contributed by atoms with van der Waals surface area (Å²) in [6.45, 7) is 15.7. The first-order valence-electron chi connectivity index (χ1n) is 9.17. The summed E-state index contributed by atoms with van der Waals surface area (Å²) >= 11 is 0. The van der Waals surface area contributed by atoms with Crippen LogP contribution in [0, 0.1) is 0 Å². The SMILES string of the molecule is C[Si](C)(C)OC(O[Si](C)(C)C)[Si]1([SiH]2CCCCO2)CCCO[SiH2]1. The lowest BCUT2D eigenvalue weighted by Crippen LogP contribution is -2.72. The van der Waals surface area contributed by atoms with Gasteiger partial charge in [-0.15, -0.1) is 0 Å². The summed E-state index contributed by atoms with van der Waals surface area (Å²) in [6.07, 6.45) is 3.80. The molecule has 0 aliphatic carbocycles. The van der Waals surface area contributed by atoms with Gasteiger partial charge in [-0.2, -0.15) is 0 Å². The minimum atomic E-state index is -1.67. The van der Waals surface area contributed by atoms with Gasteiger partial charge in [-0.1, -0.05) is 12.5 Å². The lowest BCUT2D eigenvalue weighted by Gasteiger charge is -2.48. The van der Waals surface area contributed by atoms with E-state index in [1.807, 2.05) is 0 Å². The minimum absolute atomic E-state index is 0.0718. The molecule has 0 spiro atoms. The van der Waals surface area contributed by atoms with Gasteiger partial charge in [0, 0.05) is 13.2 Å². The molecule has 2 saturated heterocycles. The van der Waals surface area contributed by atoms with Gasteiger partial charge in [-0.05, 0) is 58.2 Å². The summed E-state index contributed by atoms with van der Waals surface area (Å²) in [6, 6.07) is 2.68. The topological polar surface area (TPSA) is 36.9 Å². The zero-order chi connectivity index (χ0) is 17.1. The predicted octanol–water partition coefficient (Wildman–Crippen LogP) is 2.62.